The van der Waals surface area contributed by atoms with E-state index >= 15 is 0 Å². The summed E-state index contributed by atoms with van der Waals surface area (Å²) in [5.41, 5.74) is 9.45. The molecule has 0 saturated heterocycles. The zero-order valence-electron chi connectivity index (χ0n) is 8.16. The lowest BCUT2D eigenvalue weighted by atomic mass is 10.0. The summed E-state index contributed by atoms with van der Waals surface area (Å²) in [4.78, 5) is 4.70. The minimum Gasteiger partial charge on any atom is -0.399 e. The second-order valence-electron chi connectivity index (χ2n) is 2.88. The average Bonchev–Trinajstić information content (AvgIpc) is 2.10. The Labute approximate surface area is 78.2 Å². The Morgan fingerprint density at radius 2 is 2.15 bits per heavy atom. The van der Waals surface area contributed by atoms with Crippen molar-refractivity contribution < 1.29 is 4.84 Å². The van der Waals surface area contributed by atoms with E-state index in [2.05, 4.69) is 5.16 Å². The van der Waals surface area contributed by atoms with Gasteiger partial charge in [0.15, 0.2) is 0 Å². The van der Waals surface area contributed by atoms with Gasteiger partial charge in [0.05, 0.1) is 5.71 Å². The second-order valence-corrected chi connectivity index (χ2v) is 2.88. The first-order chi connectivity index (χ1) is 6.16. The van der Waals surface area contributed by atoms with Gasteiger partial charge in [0, 0.05) is 11.3 Å². The topological polar surface area (TPSA) is 47.6 Å². The van der Waals surface area contributed by atoms with Crippen LogP contribution in [0.4, 0.5) is 5.69 Å². The highest BCUT2D eigenvalue weighted by atomic mass is 16.6. The third kappa shape index (κ3) is 1.99. The average molecular weight is 178 g/mol. The second kappa shape index (κ2) is 3.94. The molecule has 0 aromatic heterocycles. The Kier molecular flexibility index (Phi) is 2.90. The Morgan fingerprint density at radius 3 is 2.77 bits per heavy atom. The minimum absolute atomic E-state index is 0.781. The predicted molar refractivity (Wildman–Crippen MR) is 54.8 cm³/mol. The Bertz CT molecular complexity index is 332. The Hall–Kier alpha value is -1.51. The van der Waals surface area contributed by atoms with Gasteiger partial charge in [-0.3, -0.25) is 0 Å². The summed E-state index contributed by atoms with van der Waals surface area (Å²) >= 11 is 0. The molecule has 3 heteroatoms. The predicted octanol–water partition coefficient (Wildman–Crippen LogP) is 1.95. The lowest BCUT2D eigenvalue weighted by molar-refractivity contribution is 0.213. The summed E-state index contributed by atoms with van der Waals surface area (Å²) in [6.07, 6.45) is 0. The molecule has 0 fully saturated rings. The summed E-state index contributed by atoms with van der Waals surface area (Å²) in [5, 5.41) is 3.86. The first kappa shape index (κ1) is 9.58. The van der Waals surface area contributed by atoms with E-state index in [1.165, 1.54) is 7.11 Å². The highest BCUT2D eigenvalue weighted by molar-refractivity contribution is 6.00. The molecule has 70 valence electrons. The van der Waals surface area contributed by atoms with Crippen LogP contribution in [0.3, 0.4) is 0 Å². The molecular weight excluding hydrogens is 164 g/mol. The van der Waals surface area contributed by atoms with E-state index in [1.807, 2.05) is 32.0 Å². The van der Waals surface area contributed by atoms with Gasteiger partial charge in [0.2, 0.25) is 0 Å². The van der Waals surface area contributed by atoms with Crippen LogP contribution in [0.1, 0.15) is 18.1 Å². The smallest absolute Gasteiger partial charge is 0.106 e. The molecule has 2 N–H and O–H groups in total. The molecule has 1 aromatic rings. The lowest BCUT2D eigenvalue weighted by Crippen LogP contribution is -2.01. The summed E-state index contributed by atoms with van der Waals surface area (Å²) < 4.78 is 0. The zero-order chi connectivity index (χ0) is 9.84. The van der Waals surface area contributed by atoms with Crippen molar-refractivity contribution >= 4 is 11.4 Å². The number of anilines is 1. The van der Waals surface area contributed by atoms with Gasteiger partial charge in [0.25, 0.3) is 0 Å². The van der Waals surface area contributed by atoms with Crippen LogP contribution in [0.15, 0.2) is 23.4 Å². The van der Waals surface area contributed by atoms with Crippen molar-refractivity contribution in [3.8, 4) is 0 Å². The highest BCUT2D eigenvalue weighted by Crippen LogP contribution is 2.16. The number of nitrogens with zero attached hydrogens (tertiary/aromatic N) is 1. The number of nitrogen functional groups attached to an aromatic ring is 1. The zero-order valence-corrected chi connectivity index (χ0v) is 8.16. The van der Waals surface area contributed by atoms with Crippen molar-refractivity contribution in [1.82, 2.24) is 0 Å². The van der Waals surface area contributed by atoms with Crippen LogP contribution in [-0.4, -0.2) is 12.8 Å². The van der Waals surface area contributed by atoms with E-state index in [0.29, 0.717) is 0 Å². The fourth-order valence-corrected chi connectivity index (χ4v) is 1.23. The van der Waals surface area contributed by atoms with E-state index in [9.17, 15) is 0 Å². The summed E-state index contributed by atoms with van der Waals surface area (Å²) in [7, 11) is 1.53. The molecule has 0 spiro atoms. The van der Waals surface area contributed by atoms with E-state index in [-0.39, 0.29) is 0 Å². The SMILES string of the molecule is CON=C(C)c1cccc(N)c1C. The van der Waals surface area contributed by atoms with Crippen LogP contribution in [0, 0.1) is 6.92 Å². The van der Waals surface area contributed by atoms with Crippen LogP contribution in [-0.2, 0) is 4.84 Å². The maximum Gasteiger partial charge on any atom is 0.106 e. The third-order valence-electron chi connectivity index (χ3n) is 1.99. The van der Waals surface area contributed by atoms with Gasteiger partial charge < -0.3 is 10.6 Å². The molecule has 0 heterocycles. The molecule has 0 unspecified atom stereocenters. The third-order valence-corrected chi connectivity index (χ3v) is 1.99. The molecule has 0 bridgehead atoms. The molecule has 0 aliphatic carbocycles. The molecule has 0 radical (unpaired) electrons. The van der Waals surface area contributed by atoms with Crippen LogP contribution in [0.25, 0.3) is 0 Å². The molecule has 1 rings (SSSR count). The molecule has 0 saturated carbocycles. The standard InChI is InChI=1S/C10H14N2O/c1-7-9(8(2)12-13-3)5-4-6-10(7)11/h4-6H,11H2,1-3H3. The lowest BCUT2D eigenvalue weighted by Gasteiger charge is -2.06. The molecule has 1 aromatic carbocycles. The largest absolute Gasteiger partial charge is 0.399 e. The molecule has 0 atom stereocenters. The molecule has 0 amide bonds. The van der Waals surface area contributed by atoms with Crippen LogP contribution in [0.2, 0.25) is 0 Å². The Balaban J connectivity index is 3.15. The minimum atomic E-state index is 0.781. The van der Waals surface area contributed by atoms with Crippen LogP contribution < -0.4 is 5.73 Å². The van der Waals surface area contributed by atoms with Crippen molar-refractivity contribution in [2.45, 2.75) is 13.8 Å². The fraction of sp³-hybridized carbons (Fsp3) is 0.300. The van der Waals surface area contributed by atoms with E-state index in [0.717, 1.165) is 22.5 Å². The van der Waals surface area contributed by atoms with Gasteiger partial charge >= 0.3 is 0 Å². The van der Waals surface area contributed by atoms with Crippen LogP contribution in [0.5, 0.6) is 0 Å². The fourth-order valence-electron chi connectivity index (χ4n) is 1.23. The first-order valence-corrected chi connectivity index (χ1v) is 4.10. The number of hydrogen-bond acceptors (Lipinski definition) is 3. The number of benzene rings is 1. The van der Waals surface area contributed by atoms with Crippen molar-refractivity contribution in [1.29, 1.82) is 0 Å². The van der Waals surface area contributed by atoms with Crippen molar-refractivity contribution in [3.63, 3.8) is 0 Å². The number of rotatable bonds is 2. The number of oxime groups is 1. The monoisotopic (exact) mass is 178 g/mol. The summed E-state index contributed by atoms with van der Waals surface area (Å²) in [6.45, 7) is 3.87. The molecule has 13 heavy (non-hydrogen) atoms. The number of hydrogen-bond donors (Lipinski definition) is 1. The quantitative estimate of drug-likeness (QED) is 0.427. The highest BCUT2D eigenvalue weighted by Gasteiger charge is 2.03. The van der Waals surface area contributed by atoms with Gasteiger partial charge in [-0.2, -0.15) is 0 Å². The number of nitrogens with two attached hydrogens (primary N) is 1. The van der Waals surface area contributed by atoms with E-state index in [4.69, 9.17) is 10.6 Å². The van der Waals surface area contributed by atoms with Crippen molar-refractivity contribution in [2.75, 3.05) is 12.8 Å². The normalized spacial score (nSPS) is 11.5. The molecule has 0 aliphatic rings. The van der Waals surface area contributed by atoms with Crippen LogP contribution >= 0.6 is 0 Å². The first-order valence-electron chi connectivity index (χ1n) is 4.10. The molecule has 0 aliphatic heterocycles. The molecule has 3 nitrogen and oxygen atoms in total. The van der Waals surface area contributed by atoms with E-state index < -0.39 is 0 Å². The maximum atomic E-state index is 5.76. The van der Waals surface area contributed by atoms with Gasteiger partial charge in [-0.15, -0.1) is 0 Å². The summed E-state index contributed by atoms with van der Waals surface area (Å²) in [6, 6.07) is 5.76. The van der Waals surface area contributed by atoms with Gasteiger partial charge in [0.1, 0.15) is 7.11 Å². The van der Waals surface area contributed by atoms with Gasteiger partial charge in [-0.1, -0.05) is 17.3 Å². The van der Waals surface area contributed by atoms with Gasteiger partial charge in [-0.05, 0) is 25.5 Å². The summed E-state index contributed by atoms with van der Waals surface area (Å²) in [5.74, 6) is 0. The van der Waals surface area contributed by atoms with Crippen molar-refractivity contribution in [2.24, 2.45) is 5.16 Å². The Morgan fingerprint density at radius 1 is 1.46 bits per heavy atom. The van der Waals surface area contributed by atoms with E-state index in [1.54, 1.807) is 0 Å². The van der Waals surface area contributed by atoms with Crippen molar-refractivity contribution in [3.05, 3.63) is 29.3 Å². The maximum absolute atomic E-state index is 5.76. The van der Waals surface area contributed by atoms with Gasteiger partial charge in [-0.25, -0.2) is 0 Å². The molecular formula is C10H14N2O.